The Kier molecular flexibility index (Phi) is 7.10. The number of ether oxygens (including phenoxy) is 1. The summed E-state index contributed by atoms with van der Waals surface area (Å²) in [6.45, 7) is 4.27. The van der Waals surface area contributed by atoms with E-state index in [-0.39, 0.29) is 24.5 Å². The van der Waals surface area contributed by atoms with Crippen molar-refractivity contribution in [1.29, 1.82) is 0 Å². The van der Waals surface area contributed by atoms with Gasteiger partial charge in [0.2, 0.25) is 5.91 Å². The van der Waals surface area contributed by atoms with E-state index in [0.29, 0.717) is 29.3 Å². The third-order valence-corrected chi connectivity index (χ3v) is 4.13. The van der Waals surface area contributed by atoms with Crippen LogP contribution >= 0.6 is 0 Å². The topological polar surface area (TPSA) is 92.6 Å². The van der Waals surface area contributed by atoms with Gasteiger partial charge in [-0.25, -0.2) is 0 Å². The zero-order valence-corrected chi connectivity index (χ0v) is 17.0. The van der Waals surface area contributed by atoms with Crippen LogP contribution in [0.2, 0.25) is 0 Å². The number of anilines is 2. The minimum absolute atomic E-state index is 0.0102. The lowest BCUT2D eigenvalue weighted by Crippen LogP contribution is -2.23. The maximum atomic E-state index is 12.3. The van der Waals surface area contributed by atoms with Gasteiger partial charge in [0, 0.05) is 11.3 Å². The number of carbonyl (C=O) groups is 2. The minimum Gasteiger partial charge on any atom is -0.489 e. The normalized spacial score (nSPS) is 10.5. The summed E-state index contributed by atoms with van der Waals surface area (Å²) in [7, 11) is 0. The molecule has 1 aromatic heterocycles. The Bertz CT molecular complexity index is 966. The summed E-state index contributed by atoms with van der Waals surface area (Å²) in [6, 6.07) is 17.8. The molecule has 2 aromatic carbocycles. The van der Waals surface area contributed by atoms with Crippen LogP contribution in [-0.2, 0) is 11.3 Å². The highest BCUT2D eigenvalue weighted by Gasteiger charge is 2.10. The van der Waals surface area contributed by atoms with Crippen molar-refractivity contribution in [3.05, 3.63) is 78.3 Å². The Morgan fingerprint density at radius 3 is 2.47 bits per heavy atom. The molecule has 3 N–H and O–H groups in total. The van der Waals surface area contributed by atoms with Crippen molar-refractivity contribution in [3.8, 4) is 5.75 Å². The van der Waals surface area contributed by atoms with Crippen LogP contribution < -0.4 is 20.7 Å². The number of para-hydroxylation sites is 2. The molecule has 0 bridgehead atoms. The zero-order chi connectivity index (χ0) is 21.3. The van der Waals surface area contributed by atoms with Gasteiger partial charge in [-0.3, -0.25) is 9.59 Å². The molecule has 0 aliphatic rings. The molecule has 0 radical (unpaired) electrons. The van der Waals surface area contributed by atoms with Crippen LogP contribution in [0.3, 0.4) is 0 Å². The quantitative estimate of drug-likeness (QED) is 0.498. The molecular formula is C23H25N3O4. The van der Waals surface area contributed by atoms with Gasteiger partial charge >= 0.3 is 0 Å². The standard InChI is InChI=1S/C23H25N3O4/c1-16(2)30-21-8-4-3-7-20(21)26-22(27)15-24-18-11-9-17(10-12-18)23(28)25-14-19-6-5-13-29-19/h3-13,16,24H,14-15H2,1-2H3,(H,25,28)(H,26,27). The van der Waals surface area contributed by atoms with Crippen molar-refractivity contribution in [2.45, 2.75) is 26.5 Å². The van der Waals surface area contributed by atoms with Gasteiger partial charge in [-0.2, -0.15) is 0 Å². The lowest BCUT2D eigenvalue weighted by molar-refractivity contribution is -0.114. The van der Waals surface area contributed by atoms with Crippen LogP contribution in [0.1, 0.15) is 30.0 Å². The average molecular weight is 407 g/mol. The Hall–Kier alpha value is -3.74. The van der Waals surface area contributed by atoms with Gasteiger partial charge in [0.15, 0.2) is 0 Å². The molecule has 2 amide bonds. The second-order valence-corrected chi connectivity index (χ2v) is 6.90. The van der Waals surface area contributed by atoms with E-state index in [1.807, 2.05) is 32.0 Å². The van der Waals surface area contributed by atoms with E-state index in [1.165, 1.54) is 0 Å². The Balaban J connectivity index is 1.49. The first kappa shape index (κ1) is 21.0. The molecule has 0 saturated heterocycles. The number of benzene rings is 2. The SMILES string of the molecule is CC(C)Oc1ccccc1NC(=O)CNc1ccc(C(=O)NCc2ccco2)cc1. The van der Waals surface area contributed by atoms with E-state index in [4.69, 9.17) is 9.15 Å². The largest absolute Gasteiger partial charge is 0.489 e. The van der Waals surface area contributed by atoms with Crippen LogP contribution in [0, 0.1) is 0 Å². The molecule has 0 aliphatic carbocycles. The lowest BCUT2D eigenvalue weighted by Gasteiger charge is -2.15. The summed E-state index contributed by atoms with van der Waals surface area (Å²) in [5.41, 5.74) is 1.89. The van der Waals surface area contributed by atoms with Crippen LogP contribution in [0.5, 0.6) is 5.75 Å². The molecule has 0 unspecified atom stereocenters. The zero-order valence-electron chi connectivity index (χ0n) is 17.0. The molecule has 7 heteroatoms. The van der Waals surface area contributed by atoms with Crippen LogP contribution in [0.4, 0.5) is 11.4 Å². The van der Waals surface area contributed by atoms with Gasteiger partial charge in [-0.05, 0) is 62.4 Å². The maximum Gasteiger partial charge on any atom is 0.251 e. The first-order valence-corrected chi connectivity index (χ1v) is 9.71. The van der Waals surface area contributed by atoms with E-state index in [9.17, 15) is 9.59 Å². The smallest absolute Gasteiger partial charge is 0.251 e. The van der Waals surface area contributed by atoms with Gasteiger partial charge in [0.1, 0.15) is 11.5 Å². The number of carbonyl (C=O) groups excluding carboxylic acids is 2. The second kappa shape index (κ2) is 10.2. The van der Waals surface area contributed by atoms with Gasteiger partial charge < -0.3 is 25.1 Å². The molecule has 0 fully saturated rings. The van der Waals surface area contributed by atoms with Crippen molar-refractivity contribution >= 4 is 23.2 Å². The molecule has 0 spiro atoms. The summed E-state index contributed by atoms with van der Waals surface area (Å²) in [4.78, 5) is 24.5. The Morgan fingerprint density at radius 2 is 1.77 bits per heavy atom. The fourth-order valence-electron chi connectivity index (χ4n) is 2.73. The molecular weight excluding hydrogens is 382 g/mol. The minimum atomic E-state index is -0.199. The predicted octanol–water partition coefficient (Wildman–Crippen LogP) is 4.05. The molecule has 3 aromatic rings. The fourth-order valence-corrected chi connectivity index (χ4v) is 2.73. The molecule has 0 aliphatic heterocycles. The molecule has 0 saturated carbocycles. The molecule has 0 atom stereocenters. The van der Waals surface area contributed by atoms with Crippen LogP contribution in [-0.4, -0.2) is 24.5 Å². The number of rotatable bonds is 9. The molecule has 156 valence electrons. The highest BCUT2D eigenvalue weighted by atomic mass is 16.5. The molecule has 7 nitrogen and oxygen atoms in total. The second-order valence-electron chi connectivity index (χ2n) is 6.90. The van der Waals surface area contributed by atoms with E-state index >= 15 is 0 Å². The first-order valence-electron chi connectivity index (χ1n) is 9.71. The summed E-state index contributed by atoms with van der Waals surface area (Å²) < 4.78 is 10.9. The van der Waals surface area contributed by atoms with E-state index < -0.39 is 0 Å². The van der Waals surface area contributed by atoms with Gasteiger partial charge in [0.05, 0.1) is 31.1 Å². The highest BCUT2D eigenvalue weighted by molar-refractivity contribution is 5.96. The Morgan fingerprint density at radius 1 is 1.00 bits per heavy atom. The maximum absolute atomic E-state index is 12.3. The average Bonchev–Trinajstić information content (AvgIpc) is 3.26. The van der Waals surface area contributed by atoms with Crippen molar-refractivity contribution in [1.82, 2.24) is 5.32 Å². The summed E-state index contributed by atoms with van der Waals surface area (Å²) >= 11 is 0. The van der Waals surface area contributed by atoms with Crippen molar-refractivity contribution in [2.24, 2.45) is 0 Å². The highest BCUT2D eigenvalue weighted by Crippen LogP contribution is 2.24. The first-order chi connectivity index (χ1) is 14.5. The van der Waals surface area contributed by atoms with Crippen molar-refractivity contribution < 1.29 is 18.7 Å². The van der Waals surface area contributed by atoms with E-state index in [2.05, 4.69) is 16.0 Å². The van der Waals surface area contributed by atoms with E-state index in [1.54, 1.807) is 48.7 Å². The Labute approximate surface area is 175 Å². The number of hydrogen-bond donors (Lipinski definition) is 3. The summed E-state index contributed by atoms with van der Waals surface area (Å²) in [6.07, 6.45) is 1.57. The van der Waals surface area contributed by atoms with Gasteiger partial charge in [-0.1, -0.05) is 12.1 Å². The fraction of sp³-hybridized carbons (Fsp3) is 0.217. The molecule has 3 rings (SSSR count). The van der Waals surface area contributed by atoms with Crippen LogP contribution in [0.15, 0.2) is 71.3 Å². The monoisotopic (exact) mass is 407 g/mol. The van der Waals surface area contributed by atoms with Crippen LogP contribution in [0.25, 0.3) is 0 Å². The number of furan rings is 1. The lowest BCUT2D eigenvalue weighted by atomic mass is 10.2. The summed E-state index contributed by atoms with van der Waals surface area (Å²) in [5, 5.41) is 8.68. The number of nitrogens with one attached hydrogen (secondary N) is 3. The third kappa shape index (κ3) is 6.13. The van der Waals surface area contributed by atoms with Gasteiger partial charge in [0.25, 0.3) is 5.91 Å². The van der Waals surface area contributed by atoms with Crippen molar-refractivity contribution in [3.63, 3.8) is 0 Å². The molecule has 1 heterocycles. The number of hydrogen-bond acceptors (Lipinski definition) is 5. The third-order valence-electron chi connectivity index (χ3n) is 4.13. The van der Waals surface area contributed by atoms with E-state index in [0.717, 1.165) is 5.69 Å². The predicted molar refractivity (Wildman–Crippen MR) is 116 cm³/mol. The number of amides is 2. The molecule has 30 heavy (non-hydrogen) atoms. The van der Waals surface area contributed by atoms with Crippen molar-refractivity contribution in [2.75, 3.05) is 17.2 Å². The summed E-state index contributed by atoms with van der Waals surface area (Å²) in [5.74, 6) is 0.923. The van der Waals surface area contributed by atoms with Gasteiger partial charge in [-0.15, -0.1) is 0 Å².